The van der Waals surface area contributed by atoms with Crippen LogP contribution in [0.25, 0.3) is 0 Å². The molecule has 0 fully saturated rings. The van der Waals surface area contributed by atoms with Gasteiger partial charge in [-0.3, -0.25) is 9.59 Å². The second-order valence-electron chi connectivity index (χ2n) is 5.45. The molecule has 0 unspecified atom stereocenters. The number of amides is 2. The molecule has 3 rings (SSSR count). The zero-order chi connectivity index (χ0) is 19.4. The fourth-order valence-corrected chi connectivity index (χ4v) is 2.52. The van der Waals surface area contributed by atoms with E-state index in [1.165, 1.54) is 48.7 Å². The molecule has 0 aliphatic heterocycles. The van der Waals surface area contributed by atoms with E-state index in [4.69, 9.17) is 23.2 Å². The first-order valence-corrected chi connectivity index (χ1v) is 8.48. The Balaban J connectivity index is 1.78. The molecule has 0 saturated carbocycles. The van der Waals surface area contributed by atoms with Crippen molar-refractivity contribution in [3.05, 3.63) is 87.9 Å². The van der Waals surface area contributed by atoms with E-state index in [1.54, 1.807) is 12.1 Å². The number of carbonyl (C=O) groups is 2. The van der Waals surface area contributed by atoms with Crippen molar-refractivity contribution in [2.24, 2.45) is 0 Å². The van der Waals surface area contributed by atoms with Crippen LogP contribution in [0.5, 0.6) is 0 Å². The Kier molecular flexibility index (Phi) is 5.69. The molecule has 0 spiro atoms. The van der Waals surface area contributed by atoms with Gasteiger partial charge in [0.25, 0.3) is 11.8 Å². The van der Waals surface area contributed by atoms with Crippen molar-refractivity contribution in [2.75, 3.05) is 10.6 Å². The van der Waals surface area contributed by atoms with Gasteiger partial charge in [0.1, 0.15) is 11.0 Å². The van der Waals surface area contributed by atoms with Gasteiger partial charge in [-0.15, -0.1) is 0 Å². The molecule has 136 valence electrons. The molecule has 8 heteroatoms. The molecular formula is C19H12Cl2FN3O2. The van der Waals surface area contributed by atoms with Gasteiger partial charge < -0.3 is 10.6 Å². The van der Waals surface area contributed by atoms with Crippen LogP contribution >= 0.6 is 23.2 Å². The van der Waals surface area contributed by atoms with Gasteiger partial charge in [0, 0.05) is 11.9 Å². The molecule has 3 aromatic rings. The highest BCUT2D eigenvalue weighted by atomic mass is 35.5. The smallest absolute Gasteiger partial charge is 0.258 e. The van der Waals surface area contributed by atoms with Crippen molar-refractivity contribution in [3.63, 3.8) is 0 Å². The average Bonchev–Trinajstić information content (AvgIpc) is 2.65. The van der Waals surface area contributed by atoms with Gasteiger partial charge in [-0.25, -0.2) is 9.37 Å². The van der Waals surface area contributed by atoms with Crippen LogP contribution < -0.4 is 10.6 Å². The van der Waals surface area contributed by atoms with Crippen LogP contribution in [0.4, 0.5) is 15.8 Å². The third-order valence-corrected chi connectivity index (χ3v) is 4.13. The topological polar surface area (TPSA) is 71.1 Å². The van der Waals surface area contributed by atoms with E-state index < -0.39 is 17.6 Å². The minimum Gasteiger partial charge on any atom is -0.322 e. The Morgan fingerprint density at radius 2 is 1.70 bits per heavy atom. The van der Waals surface area contributed by atoms with Crippen molar-refractivity contribution in [2.45, 2.75) is 0 Å². The first-order chi connectivity index (χ1) is 12.9. The minimum absolute atomic E-state index is 0.116. The summed E-state index contributed by atoms with van der Waals surface area (Å²) >= 11 is 11.8. The molecule has 2 amide bonds. The van der Waals surface area contributed by atoms with Crippen LogP contribution in [0, 0.1) is 5.82 Å². The number of carbonyl (C=O) groups excluding carboxylic acids is 2. The van der Waals surface area contributed by atoms with E-state index in [0.717, 1.165) is 0 Å². The molecule has 5 nitrogen and oxygen atoms in total. The van der Waals surface area contributed by atoms with E-state index in [0.29, 0.717) is 11.3 Å². The normalized spacial score (nSPS) is 10.3. The number of nitrogens with one attached hydrogen (secondary N) is 2. The second kappa shape index (κ2) is 8.16. The maximum absolute atomic E-state index is 13.7. The van der Waals surface area contributed by atoms with E-state index in [9.17, 15) is 14.0 Å². The summed E-state index contributed by atoms with van der Waals surface area (Å²) in [5.41, 5.74) is 0.821. The van der Waals surface area contributed by atoms with Gasteiger partial charge in [0.15, 0.2) is 0 Å². The summed E-state index contributed by atoms with van der Waals surface area (Å²) < 4.78 is 13.7. The van der Waals surface area contributed by atoms with Gasteiger partial charge in [0.05, 0.1) is 21.8 Å². The van der Waals surface area contributed by atoms with Crippen LogP contribution in [0.1, 0.15) is 20.7 Å². The lowest BCUT2D eigenvalue weighted by Gasteiger charge is -2.11. The third-order valence-electron chi connectivity index (χ3n) is 3.58. The highest BCUT2D eigenvalue weighted by Crippen LogP contribution is 2.26. The van der Waals surface area contributed by atoms with Crippen LogP contribution in [0.3, 0.4) is 0 Å². The lowest BCUT2D eigenvalue weighted by Crippen LogP contribution is -2.15. The molecule has 0 aliphatic carbocycles. The van der Waals surface area contributed by atoms with Crippen molar-refractivity contribution in [3.8, 4) is 0 Å². The zero-order valence-corrected chi connectivity index (χ0v) is 15.2. The summed E-state index contributed by atoms with van der Waals surface area (Å²) in [6, 6.07) is 13.2. The first kappa shape index (κ1) is 18.8. The molecule has 0 bridgehead atoms. The number of halogens is 3. The van der Waals surface area contributed by atoms with Crippen LogP contribution in [-0.4, -0.2) is 16.8 Å². The van der Waals surface area contributed by atoms with Gasteiger partial charge in [-0.1, -0.05) is 35.3 Å². The number of hydrogen-bond donors (Lipinski definition) is 2. The van der Waals surface area contributed by atoms with Crippen LogP contribution in [0.15, 0.2) is 60.8 Å². The number of hydrogen-bond acceptors (Lipinski definition) is 3. The van der Waals surface area contributed by atoms with E-state index >= 15 is 0 Å². The second-order valence-corrected chi connectivity index (χ2v) is 6.25. The predicted octanol–water partition coefficient (Wildman–Crippen LogP) is 5.03. The lowest BCUT2D eigenvalue weighted by atomic mass is 10.2. The standard InChI is InChI=1S/C19H12Cl2FN3O2/c20-14-7-6-12(24-18(26)11-5-8-17(21)23-10-11)9-16(14)25-19(27)13-3-1-2-4-15(13)22/h1-10H,(H,24,26)(H,25,27). The summed E-state index contributed by atoms with van der Waals surface area (Å²) in [7, 11) is 0. The van der Waals surface area contributed by atoms with Crippen molar-refractivity contribution in [1.82, 2.24) is 4.98 Å². The first-order valence-electron chi connectivity index (χ1n) is 7.72. The quantitative estimate of drug-likeness (QED) is 0.599. The molecule has 2 N–H and O–H groups in total. The summed E-state index contributed by atoms with van der Waals surface area (Å²) in [6.07, 6.45) is 1.34. The molecule has 0 saturated heterocycles. The number of nitrogens with zero attached hydrogens (tertiary/aromatic N) is 1. The number of pyridine rings is 1. The maximum Gasteiger partial charge on any atom is 0.258 e. The van der Waals surface area contributed by atoms with E-state index in [1.807, 2.05) is 0 Å². The number of rotatable bonds is 4. The Bertz CT molecular complexity index is 1010. The fraction of sp³-hybridized carbons (Fsp3) is 0. The molecule has 1 aromatic heterocycles. The summed E-state index contributed by atoms with van der Waals surface area (Å²) in [5.74, 6) is -1.71. The Morgan fingerprint density at radius 3 is 2.41 bits per heavy atom. The molecule has 0 aliphatic rings. The minimum atomic E-state index is -0.652. The van der Waals surface area contributed by atoms with Crippen molar-refractivity contribution >= 4 is 46.4 Å². The van der Waals surface area contributed by atoms with Crippen LogP contribution in [-0.2, 0) is 0 Å². The number of aromatic nitrogens is 1. The van der Waals surface area contributed by atoms with E-state index in [-0.39, 0.29) is 21.4 Å². The predicted molar refractivity (Wildman–Crippen MR) is 103 cm³/mol. The third kappa shape index (κ3) is 4.61. The van der Waals surface area contributed by atoms with E-state index in [2.05, 4.69) is 15.6 Å². The monoisotopic (exact) mass is 403 g/mol. The molecule has 0 atom stereocenters. The van der Waals surface area contributed by atoms with Crippen molar-refractivity contribution in [1.29, 1.82) is 0 Å². The van der Waals surface area contributed by atoms with Crippen LogP contribution in [0.2, 0.25) is 10.2 Å². The fourth-order valence-electron chi connectivity index (χ4n) is 2.25. The van der Waals surface area contributed by atoms with Gasteiger partial charge >= 0.3 is 0 Å². The van der Waals surface area contributed by atoms with Gasteiger partial charge in [-0.2, -0.15) is 0 Å². The highest BCUT2D eigenvalue weighted by molar-refractivity contribution is 6.34. The summed E-state index contributed by atoms with van der Waals surface area (Å²) in [5, 5.41) is 5.72. The molecule has 2 aromatic carbocycles. The molecule has 0 radical (unpaired) electrons. The highest BCUT2D eigenvalue weighted by Gasteiger charge is 2.14. The molecular weight excluding hydrogens is 392 g/mol. The summed E-state index contributed by atoms with van der Waals surface area (Å²) in [4.78, 5) is 28.3. The average molecular weight is 404 g/mol. The largest absolute Gasteiger partial charge is 0.322 e. The summed E-state index contributed by atoms with van der Waals surface area (Å²) in [6.45, 7) is 0. The number of benzene rings is 2. The lowest BCUT2D eigenvalue weighted by molar-refractivity contribution is 0.101. The van der Waals surface area contributed by atoms with Gasteiger partial charge in [-0.05, 0) is 42.5 Å². The molecule has 27 heavy (non-hydrogen) atoms. The van der Waals surface area contributed by atoms with Crippen molar-refractivity contribution < 1.29 is 14.0 Å². The zero-order valence-electron chi connectivity index (χ0n) is 13.7. The number of anilines is 2. The maximum atomic E-state index is 13.7. The Morgan fingerprint density at radius 1 is 0.926 bits per heavy atom. The SMILES string of the molecule is O=C(Nc1ccc(Cl)c(NC(=O)c2ccccc2F)c1)c1ccc(Cl)nc1. The Labute approximate surface area is 164 Å². The van der Waals surface area contributed by atoms with Gasteiger partial charge in [0.2, 0.25) is 0 Å². The molecule has 1 heterocycles. The Hall–Kier alpha value is -2.96.